The van der Waals surface area contributed by atoms with Crippen LogP contribution in [0.2, 0.25) is 10.2 Å². The summed E-state index contributed by atoms with van der Waals surface area (Å²) in [5.41, 5.74) is 6.10. The lowest BCUT2D eigenvalue weighted by Crippen LogP contribution is -2.37. The first kappa shape index (κ1) is 21.3. The highest BCUT2D eigenvalue weighted by Crippen LogP contribution is 2.29. The van der Waals surface area contributed by atoms with Gasteiger partial charge < -0.3 is 16.4 Å². The summed E-state index contributed by atoms with van der Waals surface area (Å²) in [4.78, 5) is 26.2. The molecule has 0 radical (unpaired) electrons. The van der Waals surface area contributed by atoms with Gasteiger partial charge in [0.2, 0.25) is 5.95 Å². The number of hydrogen-bond donors (Lipinski definition) is 3. The molecular weight excluding hydrogens is 439 g/mol. The van der Waals surface area contributed by atoms with Crippen molar-refractivity contribution in [3.63, 3.8) is 0 Å². The molecule has 4 rings (SSSR count). The van der Waals surface area contributed by atoms with Gasteiger partial charge in [-0.25, -0.2) is 4.98 Å². The number of nitriles is 1. The van der Waals surface area contributed by atoms with Gasteiger partial charge in [0.15, 0.2) is 11.0 Å². The molecule has 3 aromatic rings. The van der Waals surface area contributed by atoms with Crippen molar-refractivity contribution in [2.24, 2.45) is 0 Å². The summed E-state index contributed by atoms with van der Waals surface area (Å²) in [6, 6.07) is 6.67. The Labute approximate surface area is 188 Å². The van der Waals surface area contributed by atoms with Gasteiger partial charge in [-0.2, -0.15) is 15.2 Å². The largest absolute Gasteiger partial charge is 0.368 e. The van der Waals surface area contributed by atoms with Crippen molar-refractivity contribution in [3.8, 4) is 6.07 Å². The molecule has 1 saturated heterocycles. The van der Waals surface area contributed by atoms with Crippen LogP contribution in [-0.2, 0) is 0 Å². The maximum atomic E-state index is 13.5. The molecule has 1 atom stereocenters. The molecule has 9 nitrogen and oxygen atoms in total. The van der Waals surface area contributed by atoms with Crippen molar-refractivity contribution in [1.29, 1.82) is 5.26 Å². The number of nitrogen functional groups attached to an aromatic ring is 1. The van der Waals surface area contributed by atoms with E-state index in [9.17, 15) is 10.1 Å². The molecule has 1 unspecified atom stereocenters. The molecule has 160 valence electrons. The Morgan fingerprint density at radius 3 is 2.74 bits per heavy atom. The number of halogens is 2. The van der Waals surface area contributed by atoms with Crippen molar-refractivity contribution in [2.45, 2.75) is 31.8 Å². The second-order valence-electron chi connectivity index (χ2n) is 7.33. The van der Waals surface area contributed by atoms with E-state index in [0.29, 0.717) is 21.7 Å². The maximum absolute atomic E-state index is 13.5. The van der Waals surface area contributed by atoms with Crippen LogP contribution in [0.5, 0.6) is 0 Å². The van der Waals surface area contributed by atoms with Crippen LogP contribution in [-0.4, -0.2) is 32.6 Å². The van der Waals surface area contributed by atoms with Crippen LogP contribution in [0.4, 0.5) is 11.8 Å². The van der Waals surface area contributed by atoms with Crippen molar-refractivity contribution in [3.05, 3.63) is 50.1 Å². The Bertz CT molecular complexity index is 1250. The lowest BCUT2D eigenvalue weighted by molar-refractivity contribution is 0.347. The minimum absolute atomic E-state index is 0.0318. The third-order valence-electron chi connectivity index (χ3n) is 5.31. The van der Waals surface area contributed by atoms with E-state index in [0.717, 1.165) is 25.9 Å². The van der Waals surface area contributed by atoms with E-state index in [2.05, 4.69) is 20.6 Å². The van der Waals surface area contributed by atoms with Crippen LogP contribution in [0.15, 0.2) is 23.0 Å². The Morgan fingerprint density at radius 2 is 2.03 bits per heavy atom. The highest BCUT2D eigenvalue weighted by Gasteiger charge is 2.26. The fraction of sp³-hybridized carbons (Fsp3) is 0.350. The van der Waals surface area contributed by atoms with Gasteiger partial charge >= 0.3 is 0 Å². The Morgan fingerprint density at radius 1 is 1.29 bits per heavy atom. The van der Waals surface area contributed by atoms with Gasteiger partial charge in [0.1, 0.15) is 17.5 Å². The molecule has 31 heavy (non-hydrogen) atoms. The fourth-order valence-electron chi connectivity index (χ4n) is 3.87. The van der Waals surface area contributed by atoms with Crippen LogP contribution in [0.3, 0.4) is 0 Å². The molecule has 11 heteroatoms. The number of nitrogens with zero attached hydrogens (tertiary/aromatic N) is 5. The number of rotatable bonds is 4. The first-order valence-electron chi connectivity index (χ1n) is 9.81. The van der Waals surface area contributed by atoms with Gasteiger partial charge in [-0.05, 0) is 45.0 Å². The van der Waals surface area contributed by atoms with Crippen molar-refractivity contribution in [2.75, 3.05) is 24.1 Å². The maximum Gasteiger partial charge on any atom is 0.263 e. The van der Waals surface area contributed by atoms with Gasteiger partial charge in [-0.1, -0.05) is 29.3 Å². The zero-order valence-corrected chi connectivity index (χ0v) is 18.2. The molecule has 0 spiro atoms. The van der Waals surface area contributed by atoms with Gasteiger partial charge in [-0.3, -0.25) is 9.36 Å². The summed E-state index contributed by atoms with van der Waals surface area (Å²) in [6.07, 6.45) is 1.57. The lowest BCUT2D eigenvalue weighted by Gasteiger charge is -2.29. The van der Waals surface area contributed by atoms with E-state index < -0.39 is 6.04 Å². The first-order valence-corrected chi connectivity index (χ1v) is 10.6. The highest BCUT2D eigenvalue weighted by molar-refractivity contribution is 6.35. The average molecular weight is 459 g/mol. The predicted octanol–water partition coefficient (Wildman–Crippen LogP) is 3.04. The monoisotopic (exact) mass is 458 g/mol. The number of aromatic nitrogens is 4. The number of nitrogens with two attached hydrogens (primary N) is 1. The van der Waals surface area contributed by atoms with Gasteiger partial charge in [0.25, 0.3) is 5.56 Å². The van der Waals surface area contributed by atoms with E-state index in [1.165, 1.54) is 0 Å². The lowest BCUT2D eigenvalue weighted by atomic mass is 10.0. The summed E-state index contributed by atoms with van der Waals surface area (Å²) >= 11 is 12.4. The van der Waals surface area contributed by atoms with Crippen molar-refractivity contribution >= 4 is 45.9 Å². The smallest absolute Gasteiger partial charge is 0.263 e. The van der Waals surface area contributed by atoms with Crippen LogP contribution < -0.4 is 21.9 Å². The van der Waals surface area contributed by atoms with Gasteiger partial charge in [-0.15, -0.1) is 0 Å². The number of hydrogen-bond acceptors (Lipinski definition) is 8. The summed E-state index contributed by atoms with van der Waals surface area (Å²) in [6.45, 7) is 3.44. The van der Waals surface area contributed by atoms with Gasteiger partial charge in [0.05, 0.1) is 22.0 Å². The molecule has 1 aromatic carbocycles. The number of anilines is 2. The summed E-state index contributed by atoms with van der Waals surface area (Å²) < 4.78 is 1.71. The molecule has 1 aliphatic heterocycles. The average Bonchev–Trinajstić information content (AvgIpc) is 2.74. The number of nitrogens with one attached hydrogen (secondary N) is 2. The molecule has 2 aromatic heterocycles. The standard InChI is InChI=1S/C20H20Cl2N8O/c1-10(26-17-12(9-23)16(22)28-20(24)29-17)18-27-14-4-2-3-13(21)15(14)19(31)30(18)11-5-7-25-8-6-11/h2-4,10-11,25H,5-8H2,1H3,(H3,24,26,28,29). The first-order chi connectivity index (χ1) is 14.9. The minimum atomic E-state index is -0.483. The Hall–Kier alpha value is -2.93. The van der Waals surface area contributed by atoms with Crippen LogP contribution in [0.25, 0.3) is 10.9 Å². The Balaban J connectivity index is 1.87. The highest BCUT2D eigenvalue weighted by atomic mass is 35.5. The number of fused-ring (bicyclic) bond motifs is 1. The summed E-state index contributed by atoms with van der Waals surface area (Å²) in [5.74, 6) is 0.640. The third-order valence-corrected chi connectivity index (χ3v) is 5.90. The second kappa shape index (κ2) is 8.67. The number of benzene rings is 1. The third kappa shape index (κ3) is 4.02. The van der Waals surface area contributed by atoms with E-state index in [4.69, 9.17) is 33.9 Å². The van der Waals surface area contributed by atoms with Gasteiger partial charge in [0, 0.05) is 6.04 Å². The molecule has 1 fully saturated rings. The van der Waals surface area contributed by atoms with Crippen LogP contribution in [0.1, 0.15) is 43.2 Å². The van der Waals surface area contributed by atoms with E-state index >= 15 is 0 Å². The molecular formula is C20H20Cl2N8O. The Kier molecular flexibility index (Phi) is 5.96. The molecule has 0 bridgehead atoms. The van der Waals surface area contributed by atoms with Crippen molar-refractivity contribution < 1.29 is 0 Å². The quantitative estimate of drug-likeness (QED) is 0.507. The molecule has 3 heterocycles. The number of piperidine rings is 1. The SMILES string of the molecule is CC(Nc1nc(N)nc(Cl)c1C#N)c1nc2cccc(Cl)c2c(=O)n1C1CCNCC1. The fourth-order valence-corrected chi connectivity index (χ4v) is 4.33. The van der Waals surface area contributed by atoms with Crippen LogP contribution in [0, 0.1) is 11.3 Å². The van der Waals surface area contributed by atoms with Crippen molar-refractivity contribution in [1.82, 2.24) is 24.8 Å². The minimum Gasteiger partial charge on any atom is -0.368 e. The molecule has 1 aliphatic rings. The predicted molar refractivity (Wildman–Crippen MR) is 120 cm³/mol. The molecule has 0 aliphatic carbocycles. The van der Waals surface area contributed by atoms with E-state index in [1.54, 1.807) is 22.8 Å². The molecule has 0 saturated carbocycles. The van der Waals surface area contributed by atoms with Crippen LogP contribution >= 0.6 is 23.2 Å². The second-order valence-corrected chi connectivity index (χ2v) is 8.10. The molecule has 4 N–H and O–H groups in total. The zero-order chi connectivity index (χ0) is 22.1. The molecule has 0 amide bonds. The normalized spacial score (nSPS) is 15.5. The summed E-state index contributed by atoms with van der Waals surface area (Å²) in [7, 11) is 0. The topological polar surface area (TPSA) is 135 Å². The van der Waals surface area contributed by atoms with E-state index in [-0.39, 0.29) is 34.1 Å². The zero-order valence-electron chi connectivity index (χ0n) is 16.7. The van der Waals surface area contributed by atoms with E-state index in [1.807, 2.05) is 13.0 Å². The summed E-state index contributed by atoms with van der Waals surface area (Å²) in [5, 5.41) is 16.6.